The molecule has 0 heterocycles. The summed E-state index contributed by atoms with van der Waals surface area (Å²) in [5.74, 6) is -0.983. The van der Waals surface area contributed by atoms with Gasteiger partial charge in [-0.15, -0.1) is 0 Å². The molecule has 0 unspecified atom stereocenters. The topological polar surface area (TPSA) is 43.8 Å². The van der Waals surface area contributed by atoms with Crippen LogP contribution in [-0.2, 0) is 4.79 Å². The molecular weight excluding hydrogens is 312 g/mol. The maximum atomic E-state index is 11.3. The van der Waals surface area contributed by atoms with Gasteiger partial charge in [-0.05, 0) is 42.3 Å². The lowest BCUT2D eigenvalue weighted by Gasteiger charge is -2.19. The van der Waals surface area contributed by atoms with E-state index in [-0.39, 0.29) is 5.92 Å². The zero-order valence-corrected chi connectivity index (χ0v) is 15.5. The van der Waals surface area contributed by atoms with E-state index in [4.69, 9.17) is 0 Å². The number of benzene rings is 2. The van der Waals surface area contributed by atoms with E-state index in [2.05, 4.69) is 48.5 Å². The lowest BCUT2D eigenvalue weighted by molar-refractivity contribution is -0.132. The Bertz CT molecular complexity index is 693. The van der Waals surface area contributed by atoms with Crippen molar-refractivity contribution in [2.45, 2.75) is 12.8 Å². The van der Waals surface area contributed by atoms with Crippen molar-refractivity contribution >= 4 is 17.3 Å². The van der Waals surface area contributed by atoms with E-state index >= 15 is 0 Å². The Kier molecular flexibility index (Phi) is 5.86. The van der Waals surface area contributed by atoms with Crippen LogP contribution in [0.2, 0.25) is 0 Å². The van der Waals surface area contributed by atoms with E-state index in [1.807, 2.05) is 44.1 Å². The van der Waals surface area contributed by atoms with Crippen LogP contribution in [0.5, 0.6) is 0 Å². The predicted octanol–water partition coefficient (Wildman–Crippen LogP) is 3.98. The Labute approximate surface area is 150 Å². The van der Waals surface area contributed by atoms with E-state index in [1.54, 1.807) is 6.92 Å². The highest BCUT2D eigenvalue weighted by molar-refractivity contribution is 5.86. The molecule has 2 aromatic carbocycles. The molecule has 4 nitrogen and oxygen atoms in total. The van der Waals surface area contributed by atoms with Crippen LogP contribution in [-0.4, -0.2) is 39.3 Å². The molecular formula is C21H26N2O2. The van der Waals surface area contributed by atoms with Crippen molar-refractivity contribution in [1.29, 1.82) is 0 Å². The van der Waals surface area contributed by atoms with E-state index in [9.17, 15) is 9.90 Å². The van der Waals surface area contributed by atoms with Crippen molar-refractivity contribution in [3.05, 3.63) is 71.3 Å². The maximum absolute atomic E-state index is 11.3. The van der Waals surface area contributed by atoms with Gasteiger partial charge >= 0.3 is 5.97 Å². The minimum Gasteiger partial charge on any atom is -0.478 e. The average Bonchev–Trinajstić information content (AvgIpc) is 2.59. The third-order valence-electron chi connectivity index (χ3n) is 4.29. The molecule has 4 heteroatoms. The van der Waals surface area contributed by atoms with Gasteiger partial charge in [0.15, 0.2) is 0 Å². The first-order valence-corrected chi connectivity index (χ1v) is 8.26. The van der Waals surface area contributed by atoms with Crippen molar-refractivity contribution in [2.75, 3.05) is 38.0 Å². The molecule has 0 aliphatic carbocycles. The Hall–Kier alpha value is -2.75. The molecule has 0 aliphatic rings. The number of carbonyl (C=O) groups is 1. The van der Waals surface area contributed by atoms with Gasteiger partial charge in [-0.2, -0.15) is 0 Å². The first kappa shape index (κ1) is 18.6. The average molecular weight is 338 g/mol. The molecule has 0 saturated heterocycles. The number of carboxylic acids is 1. The lowest BCUT2D eigenvalue weighted by Crippen LogP contribution is -2.10. The van der Waals surface area contributed by atoms with E-state index in [0.29, 0.717) is 5.57 Å². The summed E-state index contributed by atoms with van der Waals surface area (Å²) in [6.07, 6.45) is 1.82. The van der Waals surface area contributed by atoms with Crippen molar-refractivity contribution < 1.29 is 9.90 Å². The zero-order valence-electron chi connectivity index (χ0n) is 15.5. The largest absolute Gasteiger partial charge is 0.478 e. The molecule has 0 atom stereocenters. The predicted molar refractivity (Wildman–Crippen MR) is 105 cm³/mol. The number of nitrogens with zero attached hydrogens (tertiary/aromatic N) is 2. The highest BCUT2D eigenvalue weighted by atomic mass is 16.4. The van der Waals surface area contributed by atoms with E-state index in [1.165, 1.54) is 0 Å². The first-order chi connectivity index (χ1) is 11.8. The molecule has 132 valence electrons. The second-order valence-electron chi connectivity index (χ2n) is 6.60. The standard InChI is InChI=1S/C21H26N2O2/c1-15(21(24)25)14-20(16-6-10-18(11-7-16)22(2)3)17-8-12-19(13-9-17)23(4)5/h6-14,20H,1-5H3,(H,24,25)/b15-14+. The Morgan fingerprint density at radius 2 is 1.20 bits per heavy atom. The summed E-state index contributed by atoms with van der Waals surface area (Å²) in [7, 11) is 8.00. The normalized spacial score (nSPS) is 11.5. The summed E-state index contributed by atoms with van der Waals surface area (Å²) in [6, 6.07) is 16.5. The van der Waals surface area contributed by atoms with Gasteiger partial charge in [-0.1, -0.05) is 30.3 Å². The SMILES string of the molecule is C/C(=C\C(c1ccc(N(C)C)cc1)c1ccc(N(C)C)cc1)C(=O)O. The molecule has 2 rings (SSSR count). The highest BCUT2D eigenvalue weighted by Crippen LogP contribution is 2.30. The van der Waals surface area contributed by atoms with Crippen molar-refractivity contribution in [2.24, 2.45) is 0 Å². The first-order valence-electron chi connectivity index (χ1n) is 8.26. The van der Waals surface area contributed by atoms with Gasteiger partial charge in [0, 0.05) is 51.1 Å². The van der Waals surface area contributed by atoms with Crippen LogP contribution < -0.4 is 9.80 Å². The summed E-state index contributed by atoms with van der Waals surface area (Å²) in [5, 5.41) is 9.28. The molecule has 0 aliphatic heterocycles. The minimum atomic E-state index is -0.889. The molecule has 0 aromatic heterocycles. The lowest BCUT2D eigenvalue weighted by atomic mass is 9.89. The molecule has 1 N–H and O–H groups in total. The second kappa shape index (κ2) is 7.88. The van der Waals surface area contributed by atoms with Crippen LogP contribution in [0.25, 0.3) is 0 Å². The molecule has 0 radical (unpaired) electrons. The number of allylic oxidation sites excluding steroid dienone is 1. The number of hydrogen-bond acceptors (Lipinski definition) is 3. The number of aliphatic carboxylic acids is 1. The van der Waals surface area contributed by atoms with Gasteiger partial charge in [0.05, 0.1) is 0 Å². The second-order valence-corrected chi connectivity index (χ2v) is 6.60. The molecule has 0 fully saturated rings. The summed E-state index contributed by atoms with van der Waals surface area (Å²) < 4.78 is 0. The maximum Gasteiger partial charge on any atom is 0.330 e. The van der Waals surface area contributed by atoms with Crippen molar-refractivity contribution in [3.63, 3.8) is 0 Å². The fraction of sp³-hybridized carbons (Fsp3) is 0.286. The van der Waals surface area contributed by atoms with Crippen LogP contribution >= 0.6 is 0 Å². The number of carboxylic acid groups (broad SMARTS) is 1. The molecule has 2 aromatic rings. The summed E-state index contributed by atoms with van der Waals surface area (Å²) in [6.45, 7) is 1.64. The molecule has 0 amide bonds. The van der Waals surface area contributed by atoms with Crippen LogP contribution in [0, 0.1) is 0 Å². The van der Waals surface area contributed by atoms with Gasteiger partial charge in [0.2, 0.25) is 0 Å². The van der Waals surface area contributed by atoms with Gasteiger partial charge in [-0.25, -0.2) is 4.79 Å². The van der Waals surface area contributed by atoms with Gasteiger partial charge < -0.3 is 14.9 Å². The Balaban J connectivity index is 2.46. The third-order valence-corrected chi connectivity index (χ3v) is 4.29. The number of anilines is 2. The van der Waals surface area contributed by atoms with E-state index < -0.39 is 5.97 Å². The molecule has 0 spiro atoms. The third kappa shape index (κ3) is 4.63. The van der Waals surface area contributed by atoms with Crippen molar-refractivity contribution in [1.82, 2.24) is 0 Å². The smallest absolute Gasteiger partial charge is 0.330 e. The van der Waals surface area contributed by atoms with Crippen LogP contribution in [0.15, 0.2) is 60.2 Å². The Morgan fingerprint density at radius 1 is 0.840 bits per heavy atom. The minimum absolute atomic E-state index is 0.0940. The van der Waals surface area contributed by atoms with Crippen LogP contribution in [0.3, 0.4) is 0 Å². The van der Waals surface area contributed by atoms with E-state index in [0.717, 1.165) is 22.5 Å². The number of hydrogen-bond donors (Lipinski definition) is 1. The van der Waals surface area contributed by atoms with Crippen LogP contribution in [0.4, 0.5) is 11.4 Å². The highest BCUT2D eigenvalue weighted by Gasteiger charge is 2.14. The fourth-order valence-electron chi connectivity index (χ4n) is 2.67. The summed E-state index contributed by atoms with van der Waals surface area (Å²) in [4.78, 5) is 15.4. The van der Waals surface area contributed by atoms with Gasteiger partial charge in [0.25, 0.3) is 0 Å². The molecule has 0 bridgehead atoms. The van der Waals surface area contributed by atoms with Crippen molar-refractivity contribution in [3.8, 4) is 0 Å². The Morgan fingerprint density at radius 3 is 1.48 bits per heavy atom. The van der Waals surface area contributed by atoms with Crippen LogP contribution in [0.1, 0.15) is 24.0 Å². The fourth-order valence-corrected chi connectivity index (χ4v) is 2.67. The molecule has 25 heavy (non-hydrogen) atoms. The van der Waals surface area contributed by atoms with Gasteiger partial charge in [0.1, 0.15) is 0 Å². The van der Waals surface area contributed by atoms with Gasteiger partial charge in [-0.3, -0.25) is 0 Å². The molecule has 0 saturated carbocycles. The summed E-state index contributed by atoms with van der Waals surface area (Å²) >= 11 is 0. The zero-order chi connectivity index (χ0) is 18.6. The quantitative estimate of drug-likeness (QED) is 0.809. The summed E-state index contributed by atoms with van der Waals surface area (Å²) in [5.41, 5.74) is 4.72. The monoisotopic (exact) mass is 338 g/mol. The number of rotatable bonds is 6.